The van der Waals surface area contributed by atoms with Gasteiger partial charge in [0.1, 0.15) is 11.5 Å². The van der Waals surface area contributed by atoms with Crippen LogP contribution in [0.3, 0.4) is 0 Å². The Morgan fingerprint density at radius 1 is 0.917 bits per heavy atom. The first-order valence-electron chi connectivity index (χ1n) is 6.62. The lowest BCUT2D eigenvalue weighted by Gasteiger charge is -2.11. The Balaban J connectivity index is 2.22. The maximum absolute atomic E-state index is 10.9. The molecule has 0 saturated heterocycles. The molecule has 0 atom stereocenters. The second-order valence-electron chi connectivity index (χ2n) is 4.46. The van der Waals surface area contributed by atoms with Crippen molar-refractivity contribution in [1.29, 1.82) is 5.26 Å². The van der Waals surface area contributed by atoms with Crippen LogP contribution in [0.2, 0.25) is 0 Å². The van der Waals surface area contributed by atoms with Crippen molar-refractivity contribution in [2.24, 2.45) is 0 Å². The summed E-state index contributed by atoms with van der Waals surface area (Å²) in [6, 6.07) is 13.0. The molecule has 0 saturated carbocycles. The molecule has 120 valence electrons. The summed E-state index contributed by atoms with van der Waals surface area (Å²) in [6.07, 6.45) is 0.973. The van der Waals surface area contributed by atoms with Crippen LogP contribution in [0.4, 0.5) is 0 Å². The number of nitrogens with zero attached hydrogens (tertiary/aromatic N) is 1. The van der Waals surface area contributed by atoms with E-state index in [0.29, 0.717) is 0 Å². The summed E-state index contributed by atoms with van der Waals surface area (Å²) >= 11 is 0. The van der Waals surface area contributed by atoms with Crippen LogP contribution in [0.15, 0.2) is 60.6 Å². The number of carbonyl (C=O) groups is 2. The summed E-state index contributed by atoms with van der Waals surface area (Å²) < 4.78 is 10.7. The van der Waals surface area contributed by atoms with E-state index in [4.69, 9.17) is 24.9 Å². The molecule has 0 bridgehead atoms. The fourth-order valence-corrected chi connectivity index (χ4v) is 1.75. The van der Waals surface area contributed by atoms with E-state index in [1.165, 1.54) is 48.5 Å². The highest BCUT2D eigenvalue weighted by atomic mass is 16.7. The molecule has 2 rings (SSSR count). The lowest BCUT2D eigenvalue weighted by atomic mass is 10.2. The van der Waals surface area contributed by atoms with Crippen molar-refractivity contribution in [3.8, 4) is 17.6 Å². The fourth-order valence-electron chi connectivity index (χ4n) is 1.75. The van der Waals surface area contributed by atoms with Crippen molar-refractivity contribution < 1.29 is 29.3 Å². The molecule has 0 heterocycles. The van der Waals surface area contributed by atoms with Gasteiger partial charge in [0.05, 0.1) is 23.3 Å². The molecule has 7 heteroatoms. The lowest BCUT2D eigenvalue weighted by Crippen LogP contribution is -2.05. The standard InChI is InChI=1S/C17H11NO6/c18-8-7-15(23-13-5-1-3-11(9-13)16(19)20)24-14-6-2-4-12(10-14)17(21)22/h1-7,9-10H,(H,19,20)(H,21,22). The second kappa shape index (κ2) is 7.47. The number of benzene rings is 2. The van der Waals surface area contributed by atoms with Crippen LogP contribution >= 0.6 is 0 Å². The summed E-state index contributed by atoms with van der Waals surface area (Å²) in [7, 11) is 0. The van der Waals surface area contributed by atoms with E-state index in [1.54, 1.807) is 6.07 Å². The quantitative estimate of drug-likeness (QED) is 0.619. The summed E-state index contributed by atoms with van der Waals surface area (Å²) in [4.78, 5) is 21.9. The van der Waals surface area contributed by atoms with Gasteiger partial charge in [-0.25, -0.2) is 9.59 Å². The van der Waals surface area contributed by atoms with E-state index >= 15 is 0 Å². The molecule has 0 aliphatic carbocycles. The van der Waals surface area contributed by atoms with E-state index in [9.17, 15) is 9.59 Å². The van der Waals surface area contributed by atoms with Gasteiger partial charge in [0.15, 0.2) is 0 Å². The van der Waals surface area contributed by atoms with Gasteiger partial charge in [-0.1, -0.05) is 12.1 Å². The molecule has 7 nitrogen and oxygen atoms in total. The second-order valence-corrected chi connectivity index (χ2v) is 4.46. The predicted octanol–water partition coefficient (Wildman–Crippen LogP) is 2.91. The minimum atomic E-state index is -1.12. The molecule has 2 aromatic rings. The lowest BCUT2D eigenvalue weighted by molar-refractivity contribution is 0.0686. The number of nitriles is 1. The summed E-state index contributed by atoms with van der Waals surface area (Å²) in [6.45, 7) is 0. The van der Waals surface area contributed by atoms with Gasteiger partial charge in [-0.05, 0) is 36.4 Å². The third-order valence-corrected chi connectivity index (χ3v) is 2.78. The van der Waals surface area contributed by atoms with Crippen LogP contribution in [0.5, 0.6) is 11.5 Å². The fraction of sp³-hybridized carbons (Fsp3) is 0. The van der Waals surface area contributed by atoms with Crippen LogP contribution in [-0.4, -0.2) is 22.2 Å². The number of ether oxygens (including phenoxy) is 2. The molecule has 2 N–H and O–H groups in total. The van der Waals surface area contributed by atoms with Gasteiger partial charge in [-0.2, -0.15) is 5.26 Å². The van der Waals surface area contributed by atoms with Crippen molar-refractivity contribution in [1.82, 2.24) is 0 Å². The Morgan fingerprint density at radius 2 is 1.38 bits per heavy atom. The number of hydrogen-bond acceptors (Lipinski definition) is 5. The molecule has 2 aromatic carbocycles. The molecule has 0 amide bonds. The first-order chi connectivity index (χ1) is 11.5. The van der Waals surface area contributed by atoms with Crippen molar-refractivity contribution in [3.05, 3.63) is 71.7 Å². The maximum Gasteiger partial charge on any atom is 0.335 e. The Kier molecular flexibility index (Phi) is 5.16. The highest BCUT2D eigenvalue weighted by Crippen LogP contribution is 2.20. The minimum Gasteiger partial charge on any atom is -0.478 e. The molecular weight excluding hydrogens is 314 g/mol. The van der Waals surface area contributed by atoms with Crippen LogP contribution in [0, 0.1) is 11.3 Å². The highest BCUT2D eigenvalue weighted by Gasteiger charge is 2.10. The summed E-state index contributed by atoms with van der Waals surface area (Å²) in [5.74, 6) is -2.15. The zero-order valence-electron chi connectivity index (χ0n) is 12.2. The average Bonchev–Trinajstić information content (AvgIpc) is 2.55. The van der Waals surface area contributed by atoms with Crippen molar-refractivity contribution >= 4 is 11.9 Å². The Labute approximate surface area is 136 Å². The highest BCUT2D eigenvalue weighted by molar-refractivity contribution is 5.88. The van der Waals surface area contributed by atoms with Crippen molar-refractivity contribution in [2.75, 3.05) is 0 Å². The van der Waals surface area contributed by atoms with E-state index < -0.39 is 11.9 Å². The van der Waals surface area contributed by atoms with Crippen LogP contribution in [0.1, 0.15) is 20.7 Å². The molecular formula is C17H11NO6. The summed E-state index contributed by atoms with van der Waals surface area (Å²) in [5.41, 5.74) is 0.0216. The predicted molar refractivity (Wildman–Crippen MR) is 81.8 cm³/mol. The van der Waals surface area contributed by atoms with Gasteiger partial charge >= 0.3 is 17.9 Å². The molecule has 0 unspecified atom stereocenters. The number of hydrogen-bond donors (Lipinski definition) is 2. The number of carboxylic acid groups (broad SMARTS) is 2. The van der Waals surface area contributed by atoms with Gasteiger partial charge in [0.2, 0.25) is 0 Å². The van der Waals surface area contributed by atoms with Gasteiger partial charge in [0.25, 0.3) is 0 Å². The third kappa shape index (κ3) is 4.35. The Morgan fingerprint density at radius 3 is 1.75 bits per heavy atom. The maximum atomic E-state index is 10.9. The zero-order chi connectivity index (χ0) is 17.5. The molecule has 0 aliphatic heterocycles. The molecule has 24 heavy (non-hydrogen) atoms. The number of allylic oxidation sites excluding steroid dienone is 1. The van der Waals surface area contributed by atoms with E-state index in [2.05, 4.69) is 0 Å². The number of carboxylic acids is 2. The van der Waals surface area contributed by atoms with Gasteiger partial charge in [-0.15, -0.1) is 0 Å². The SMILES string of the molecule is N#CC=C(Oc1cccc(C(=O)O)c1)Oc1cccc(C(=O)O)c1. The molecule has 0 spiro atoms. The smallest absolute Gasteiger partial charge is 0.335 e. The Hall–Kier alpha value is -3.79. The van der Waals surface area contributed by atoms with Crippen molar-refractivity contribution in [2.45, 2.75) is 0 Å². The summed E-state index contributed by atoms with van der Waals surface area (Å²) in [5, 5.41) is 26.7. The average molecular weight is 325 g/mol. The molecule has 0 fully saturated rings. The van der Waals surface area contributed by atoms with E-state index in [-0.39, 0.29) is 28.6 Å². The van der Waals surface area contributed by atoms with E-state index in [1.807, 2.05) is 0 Å². The number of aromatic carboxylic acids is 2. The first kappa shape index (κ1) is 16.6. The minimum absolute atomic E-state index is 0.0108. The van der Waals surface area contributed by atoms with Gasteiger partial charge in [0, 0.05) is 0 Å². The third-order valence-electron chi connectivity index (χ3n) is 2.78. The normalized spacial score (nSPS) is 9.46. The van der Waals surface area contributed by atoms with Crippen molar-refractivity contribution in [3.63, 3.8) is 0 Å². The first-order valence-corrected chi connectivity index (χ1v) is 6.62. The van der Waals surface area contributed by atoms with Crippen LogP contribution in [-0.2, 0) is 0 Å². The molecule has 0 aliphatic rings. The zero-order valence-corrected chi connectivity index (χ0v) is 12.2. The monoisotopic (exact) mass is 325 g/mol. The largest absolute Gasteiger partial charge is 0.478 e. The Bertz CT molecular complexity index is 789. The van der Waals surface area contributed by atoms with Crippen LogP contribution in [0.25, 0.3) is 0 Å². The van der Waals surface area contributed by atoms with Gasteiger partial charge in [-0.3, -0.25) is 0 Å². The number of rotatable bonds is 6. The molecule has 0 radical (unpaired) electrons. The van der Waals surface area contributed by atoms with Gasteiger partial charge < -0.3 is 19.7 Å². The van der Waals surface area contributed by atoms with E-state index in [0.717, 1.165) is 6.08 Å². The molecule has 0 aromatic heterocycles. The van der Waals surface area contributed by atoms with Crippen LogP contribution < -0.4 is 9.47 Å². The topological polar surface area (TPSA) is 117 Å².